The fraction of sp³-hybridized carbons (Fsp3) is 0.400. The van der Waals surface area contributed by atoms with Crippen molar-refractivity contribution < 1.29 is 28.8 Å². The Morgan fingerprint density at radius 1 is 1.12 bits per heavy atom. The van der Waals surface area contributed by atoms with Crippen molar-refractivity contribution in [2.45, 2.75) is 26.3 Å². The van der Waals surface area contributed by atoms with Crippen molar-refractivity contribution >= 4 is 11.9 Å². The van der Waals surface area contributed by atoms with Crippen LogP contribution in [0.25, 0.3) is 6.08 Å². The Balaban J connectivity index is 1.68. The van der Waals surface area contributed by atoms with Gasteiger partial charge in [0.15, 0.2) is 17.3 Å². The lowest BCUT2D eigenvalue weighted by Gasteiger charge is -2.31. The third-order valence-electron chi connectivity index (χ3n) is 6.06. The monoisotopic (exact) mass is 439 g/mol. The summed E-state index contributed by atoms with van der Waals surface area (Å²) >= 11 is 0. The smallest absolute Gasteiger partial charge is 0.231 e. The first kappa shape index (κ1) is 22.0. The lowest BCUT2D eigenvalue weighted by Crippen LogP contribution is -2.33. The van der Waals surface area contributed by atoms with Crippen molar-refractivity contribution in [1.82, 2.24) is 4.90 Å². The van der Waals surface area contributed by atoms with Gasteiger partial charge >= 0.3 is 0 Å². The molecule has 0 aromatic heterocycles. The van der Waals surface area contributed by atoms with Crippen LogP contribution in [-0.2, 0) is 6.54 Å². The molecule has 7 nitrogen and oxygen atoms in total. The molecule has 32 heavy (non-hydrogen) atoms. The van der Waals surface area contributed by atoms with E-state index in [1.165, 1.54) is 6.42 Å². The normalized spacial score (nSPS) is 19.6. The molecule has 0 amide bonds. The van der Waals surface area contributed by atoms with E-state index in [1.54, 1.807) is 51.7 Å². The van der Waals surface area contributed by atoms with Gasteiger partial charge in [0.25, 0.3) is 0 Å². The zero-order chi connectivity index (χ0) is 22.8. The Bertz CT molecular complexity index is 1060. The fourth-order valence-corrected chi connectivity index (χ4v) is 4.41. The van der Waals surface area contributed by atoms with E-state index in [2.05, 4.69) is 11.8 Å². The number of nitrogens with zero attached hydrogens (tertiary/aromatic N) is 1. The number of piperidine rings is 1. The van der Waals surface area contributed by atoms with Gasteiger partial charge in [-0.25, -0.2) is 0 Å². The highest BCUT2D eigenvalue weighted by Crippen LogP contribution is 2.42. The van der Waals surface area contributed by atoms with Gasteiger partial charge in [-0.3, -0.25) is 9.69 Å². The van der Waals surface area contributed by atoms with Crippen LogP contribution in [0.15, 0.2) is 30.0 Å². The summed E-state index contributed by atoms with van der Waals surface area (Å²) in [6.07, 6.45) is 3.97. The summed E-state index contributed by atoms with van der Waals surface area (Å²) in [6.45, 7) is 4.70. The molecular formula is C25H29NO6. The lowest BCUT2D eigenvalue weighted by atomic mass is 9.99. The predicted octanol–water partition coefficient (Wildman–Crippen LogP) is 4.27. The van der Waals surface area contributed by atoms with E-state index in [1.807, 2.05) is 0 Å². The first-order valence-corrected chi connectivity index (χ1v) is 10.8. The van der Waals surface area contributed by atoms with E-state index in [9.17, 15) is 9.90 Å². The number of hydrogen-bond acceptors (Lipinski definition) is 7. The van der Waals surface area contributed by atoms with Gasteiger partial charge in [0.1, 0.15) is 17.2 Å². The summed E-state index contributed by atoms with van der Waals surface area (Å²) in [5.74, 6) is 2.68. The summed E-state index contributed by atoms with van der Waals surface area (Å²) < 4.78 is 22.2. The van der Waals surface area contributed by atoms with E-state index in [-0.39, 0.29) is 17.3 Å². The van der Waals surface area contributed by atoms with Gasteiger partial charge in [0.2, 0.25) is 5.78 Å². The molecule has 4 rings (SSSR count). The maximum absolute atomic E-state index is 13.1. The minimum absolute atomic E-state index is 0.139. The average Bonchev–Trinajstić information content (AvgIpc) is 3.10. The average molecular weight is 440 g/mol. The number of ketones is 1. The predicted molar refractivity (Wildman–Crippen MR) is 121 cm³/mol. The number of Topliss-reactive ketones (excluding diaryl/α,β-unsaturated/α-hetero) is 1. The molecule has 2 aromatic rings. The highest BCUT2D eigenvalue weighted by molar-refractivity contribution is 6.15. The number of allylic oxidation sites excluding steroid dienone is 1. The second-order valence-corrected chi connectivity index (χ2v) is 8.31. The molecule has 0 spiro atoms. The van der Waals surface area contributed by atoms with Crippen molar-refractivity contribution in [2.24, 2.45) is 5.92 Å². The Morgan fingerprint density at radius 3 is 2.53 bits per heavy atom. The van der Waals surface area contributed by atoms with Crippen LogP contribution in [0, 0.1) is 5.92 Å². The maximum atomic E-state index is 13.1. The molecule has 2 aliphatic rings. The molecular weight excluding hydrogens is 410 g/mol. The largest absolute Gasteiger partial charge is 0.507 e. The number of likely N-dealkylation sites (tertiary alicyclic amines) is 1. The highest BCUT2D eigenvalue weighted by Gasteiger charge is 2.32. The molecule has 2 heterocycles. The van der Waals surface area contributed by atoms with Crippen LogP contribution < -0.4 is 18.9 Å². The Kier molecular flexibility index (Phi) is 6.28. The zero-order valence-electron chi connectivity index (χ0n) is 18.9. The van der Waals surface area contributed by atoms with Crippen LogP contribution in [0.1, 0.15) is 41.3 Å². The second kappa shape index (κ2) is 9.12. The first-order chi connectivity index (χ1) is 15.4. The van der Waals surface area contributed by atoms with E-state index in [0.29, 0.717) is 52.2 Å². The number of phenols is 1. The molecule has 1 unspecified atom stereocenters. The van der Waals surface area contributed by atoms with E-state index in [0.717, 1.165) is 19.5 Å². The molecule has 1 saturated heterocycles. The van der Waals surface area contributed by atoms with Crippen LogP contribution in [-0.4, -0.2) is 50.2 Å². The molecule has 0 aliphatic carbocycles. The Labute approximate surface area is 188 Å². The number of carbonyl (C=O) groups excluding carboxylic acids is 1. The Hall–Kier alpha value is -3.19. The summed E-state index contributed by atoms with van der Waals surface area (Å²) in [6, 6.07) is 6.62. The molecule has 1 fully saturated rings. The number of hydrogen-bond donors (Lipinski definition) is 1. The van der Waals surface area contributed by atoms with Crippen molar-refractivity contribution in [1.29, 1.82) is 0 Å². The molecule has 2 aromatic carbocycles. The molecule has 170 valence electrons. The quantitative estimate of drug-likeness (QED) is 0.674. The van der Waals surface area contributed by atoms with E-state index in [4.69, 9.17) is 18.9 Å². The summed E-state index contributed by atoms with van der Waals surface area (Å²) in [7, 11) is 4.64. The molecule has 0 saturated carbocycles. The van der Waals surface area contributed by atoms with Crippen LogP contribution in [0.3, 0.4) is 0 Å². The number of rotatable bonds is 6. The van der Waals surface area contributed by atoms with Crippen molar-refractivity contribution in [3.05, 3.63) is 46.7 Å². The van der Waals surface area contributed by atoms with Crippen LogP contribution in [0.4, 0.5) is 0 Å². The molecule has 0 bridgehead atoms. The molecule has 0 radical (unpaired) electrons. The molecule has 2 aliphatic heterocycles. The minimum atomic E-state index is -0.231. The SMILES string of the molecule is COc1cc(OC)c(OC)cc1C=C1Oc2c(ccc(O)c2CN2CCCC(C)C2)C1=O. The fourth-order valence-electron chi connectivity index (χ4n) is 4.41. The number of phenolic OH excluding ortho intramolecular Hbond substituents is 1. The standard InChI is InChI=1S/C25H29NO6/c1-15-6-5-9-26(13-15)14-18-19(27)8-7-17-24(28)23(32-25(17)18)11-16-10-21(30-3)22(31-4)12-20(16)29-2/h7-8,10-12,15,27H,5-6,9,13-14H2,1-4H3. The number of benzene rings is 2. The van der Waals surface area contributed by atoms with Crippen molar-refractivity contribution in [2.75, 3.05) is 34.4 Å². The number of aromatic hydroxyl groups is 1. The van der Waals surface area contributed by atoms with Crippen molar-refractivity contribution in [3.8, 4) is 28.7 Å². The molecule has 7 heteroatoms. The number of carbonyl (C=O) groups is 1. The van der Waals surface area contributed by atoms with Crippen LogP contribution in [0.5, 0.6) is 28.7 Å². The van der Waals surface area contributed by atoms with Gasteiger partial charge in [0, 0.05) is 24.7 Å². The Morgan fingerprint density at radius 2 is 1.84 bits per heavy atom. The zero-order valence-corrected chi connectivity index (χ0v) is 18.9. The highest BCUT2D eigenvalue weighted by atomic mass is 16.5. The molecule has 1 atom stereocenters. The van der Waals surface area contributed by atoms with Crippen molar-refractivity contribution in [3.63, 3.8) is 0 Å². The topological polar surface area (TPSA) is 77.5 Å². The summed E-state index contributed by atoms with van der Waals surface area (Å²) in [5.41, 5.74) is 1.72. The molecule has 1 N–H and O–H groups in total. The number of methoxy groups -OCH3 is 3. The van der Waals surface area contributed by atoms with Gasteiger partial charge in [0.05, 0.1) is 32.5 Å². The third-order valence-corrected chi connectivity index (χ3v) is 6.06. The number of ether oxygens (including phenoxy) is 4. The van der Waals surface area contributed by atoms with Gasteiger partial charge in [-0.15, -0.1) is 0 Å². The van der Waals surface area contributed by atoms with Crippen LogP contribution >= 0.6 is 0 Å². The third kappa shape index (κ3) is 4.12. The first-order valence-electron chi connectivity index (χ1n) is 10.8. The van der Waals surface area contributed by atoms with Gasteiger partial charge < -0.3 is 24.1 Å². The second-order valence-electron chi connectivity index (χ2n) is 8.31. The maximum Gasteiger partial charge on any atom is 0.231 e. The van der Waals surface area contributed by atoms with Crippen LogP contribution in [0.2, 0.25) is 0 Å². The van der Waals surface area contributed by atoms with E-state index >= 15 is 0 Å². The van der Waals surface area contributed by atoms with Gasteiger partial charge in [-0.1, -0.05) is 6.92 Å². The number of fused-ring (bicyclic) bond motifs is 1. The summed E-state index contributed by atoms with van der Waals surface area (Å²) in [5, 5.41) is 10.6. The van der Waals surface area contributed by atoms with Gasteiger partial charge in [-0.05, 0) is 49.6 Å². The summed E-state index contributed by atoms with van der Waals surface area (Å²) in [4.78, 5) is 15.4. The lowest BCUT2D eigenvalue weighted by molar-refractivity contribution is 0.101. The minimum Gasteiger partial charge on any atom is -0.507 e. The van der Waals surface area contributed by atoms with E-state index < -0.39 is 0 Å². The van der Waals surface area contributed by atoms with Gasteiger partial charge in [-0.2, -0.15) is 0 Å².